The SMILES string of the molecule is Cc1ccc2nc(-c3ccc(N4CCn5nc(CO)c(C)c5C4=O)c(C)c3)ncc2c1. The monoisotopic (exact) mass is 413 g/mol. The van der Waals surface area contributed by atoms with Gasteiger partial charge in [0.1, 0.15) is 5.69 Å². The van der Waals surface area contributed by atoms with Gasteiger partial charge in [-0.3, -0.25) is 9.48 Å². The highest BCUT2D eigenvalue weighted by Crippen LogP contribution is 2.30. The summed E-state index contributed by atoms with van der Waals surface area (Å²) < 4.78 is 1.70. The smallest absolute Gasteiger partial charge is 0.276 e. The second-order valence-electron chi connectivity index (χ2n) is 8.02. The average Bonchev–Trinajstić information content (AvgIpc) is 3.10. The summed E-state index contributed by atoms with van der Waals surface area (Å²) in [6.07, 6.45) is 1.85. The molecular formula is C24H23N5O2. The maximum Gasteiger partial charge on any atom is 0.276 e. The first-order valence-corrected chi connectivity index (χ1v) is 10.3. The normalized spacial score (nSPS) is 13.7. The lowest BCUT2D eigenvalue weighted by molar-refractivity contribution is 0.0961. The third-order valence-electron chi connectivity index (χ3n) is 5.90. The molecule has 156 valence electrons. The number of amides is 1. The molecule has 0 bridgehead atoms. The number of hydrogen-bond acceptors (Lipinski definition) is 5. The van der Waals surface area contributed by atoms with Crippen molar-refractivity contribution in [3.63, 3.8) is 0 Å². The molecule has 1 N–H and O–H groups in total. The fourth-order valence-electron chi connectivity index (χ4n) is 4.23. The predicted octanol–water partition coefficient (Wildman–Crippen LogP) is 3.57. The van der Waals surface area contributed by atoms with E-state index in [0.29, 0.717) is 30.3 Å². The van der Waals surface area contributed by atoms with E-state index in [0.717, 1.165) is 33.3 Å². The fraction of sp³-hybridized carbons (Fsp3) is 0.250. The Balaban J connectivity index is 1.49. The van der Waals surface area contributed by atoms with Gasteiger partial charge in [-0.1, -0.05) is 11.6 Å². The number of aromatic nitrogens is 4. The summed E-state index contributed by atoms with van der Waals surface area (Å²) in [7, 11) is 0. The molecule has 0 radical (unpaired) electrons. The third kappa shape index (κ3) is 3.18. The lowest BCUT2D eigenvalue weighted by Crippen LogP contribution is -2.41. The molecule has 1 aliphatic heterocycles. The Bertz CT molecular complexity index is 1340. The van der Waals surface area contributed by atoms with Crippen molar-refractivity contribution < 1.29 is 9.90 Å². The number of carbonyl (C=O) groups is 1. The third-order valence-corrected chi connectivity index (χ3v) is 5.90. The predicted molar refractivity (Wildman–Crippen MR) is 119 cm³/mol. The van der Waals surface area contributed by atoms with Gasteiger partial charge in [-0.25, -0.2) is 9.97 Å². The molecule has 4 aromatic rings. The minimum absolute atomic E-state index is 0.0934. The van der Waals surface area contributed by atoms with Crippen molar-refractivity contribution in [3.05, 3.63) is 70.7 Å². The van der Waals surface area contributed by atoms with Crippen LogP contribution in [0.3, 0.4) is 0 Å². The van der Waals surface area contributed by atoms with E-state index in [2.05, 4.69) is 23.1 Å². The second-order valence-corrected chi connectivity index (χ2v) is 8.02. The van der Waals surface area contributed by atoms with Crippen LogP contribution in [0.25, 0.3) is 22.3 Å². The number of aliphatic hydroxyl groups excluding tert-OH is 1. The summed E-state index contributed by atoms with van der Waals surface area (Å²) in [6, 6.07) is 12.1. The topological polar surface area (TPSA) is 84.1 Å². The van der Waals surface area contributed by atoms with Gasteiger partial charge >= 0.3 is 0 Å². The maximum atomic E-state index is 13.2. The zero-order valence-electron chi connectivity index (χ0n) is 17.8. The van der Waals surface area contributed by atoms with Crippen LogP contribution in [0, 0.1) is 20.8 Å². The van der Waals surface area contributed by atoms with Crippen molar-refractivity contribution >= 4 is 22.5 Å². The number of rotatable bonds is 3. The number of aryl methyl sites for hydroxylation is 2. The van der Waals surface area contributed by atoms with Gasteiger partial charge in [0.05, 0.1) is 24.4 Å². The van der Waals surface area contributed by atoms with Gasteiger partial charge in [-0.2, -0.15) is 5.10 Å². The van der Waals surface area contributed by atoms with Crippen LogP contribution in [0.2, 0.25) is 0 Å². The molecule has 0 fully saturated rings. The molecule has 0 saturated carbocycles. The minimum Gasteiger partial charge on any atom is -0.390 e. The Morgan fingerprint density at radius 3 is 2.68 bits per heavy atom. The van der Waals surface area contributed by atoms with E-state index >= 15 is 0 Å². The highest BCUT2D eigenvalue weighted by Gasteiger charge is 2.30. The van der Waals surface area contributed by atoms with E-state index in [1.807, 2.05) is 50.4 Å². The highest BCUT2D eigenvalue weighted by molar-refractivity contribution is 6.07. The zero-order chi connectivity index (χ0) is 21.7. The van der Waals surface area contributed by atoms with Crippen LogP contribution in [-0.2, 0) is 13.2 Å². The van der Waals surface area contributed by atoms with Gasteiger partial charge in [0.25, 0.3) is 5.91 Å². The van der Waals surface area contributed by atoms with Crippen molar-refractivity contribution in [2.24, 2.45) is 0 Å². The maximum absolute atomic E-state index is 13.2. The van der Waals surface area contributed by atoms with E-state index < -0.39 is 0 Å². The molecule has 0 aliphatic carbocycles. The molecule has 7 nitrogen and oxygen atoms in total. The number of carbonyl (C=O) groups excluding carboxylic acids is 1. The van der Waals surface area contributed by atoms with Gasteiger partial charge in [-0.05, 0) is 56.7 Å². The van der Waals surface area contributed by atoms with E-state index in [9.17, 15) is 9.90 Å². The number of benzene rings is 2. The lowest BCUT2D eigenvalue weighted by Gasteiger charge is -2.29. The molecule has 0 atom stereocenters. The number of fused-ring (bicyclic) bond motifs is 2. The molecule has 2 aromatic heterocycles. The molecule has 1 aliphatic rings. The van der Waals surface area contributed by atoms with Crippen LogP contribution in [0.15, 0.2) is 42.6 Å². The Morgan fingerprint density at radius 1 is 1.06 bits per heavy atom. The molecule has 3 heterocycles. The molecule has 31 heavy (non-hydrogen) atoms. The summed E-state index contributed by atoms with van der Waals surface area (Å²) in [5.74, 6) is 0.571. The summed E-state index contributed by atoms with van der Waals surface area (Å²) in [6.45, 7) is 6.84. The van der Waals surface area contributed by atoms with Gasteiger partial charge in [0.2, 0.25) is 0 Å². The first kappa shape index (κ1) is 19.4. The average molecular weight is 413 g/mol. The number of nitrogens with zero attached hydrogens (tertiary/aromatic N) is 5. The molecular weight excluding hydrogens is 390 g/mol. The first-order valence-electron chi connectivity index (χ1n) is 10.3. The van der Waals surface area contributed by atoms with E-state index in [-0.39, 0.29) is 12.5 Å². The Hall–Kier alpha value is -3.58. The van der Waals surface area contributed by atoms with Gasteiger partial charge in [0, 0.05) is 34.9 Å². The summed E-state index contributed by atoms with van der Waals surface area (Å²) in [5, 5.41) is 14.9. The first-order chi connectivity index (χ1) is 15.0. The molecule has 2 aromatic carbocycles. The summed E-state index contributed by atoms with van der Waals surface area (Å²) in [4.78, 5) is 24.2. The molecule has 7 heteroatoms. The Labute approximate surface area is 180 Å². The quantitative estimate of drug-likeness (QED) is 0.555. The molecule has 1 amide bonds. The van der Waals surface area contributed by atoms with Crippen LogP contribution in [0.1, 0.15) is 32.9 Å². The van der Waals surface area contributed by atoms with Crippen molar-refractivity contribution in [2.75, 3.05) is 11.4 Å². The number of anilines is 1. The van der Waals surface area contributed by atoms with Crippen LogP contribution in [0.4, 0.5) is 5.69 Å². The zero-order valence-corrected chi connectivity index (χ0v) is 17.8. The number of hydrogen-bond donors (Lipinski definition) is 1. The molecule has 0 spiro atoms. The largest absolute Gasteiger partial charge is 0.390 e. The van der Waals surface area contributed by atoms with Crippen LogP contribution < -0.4 is 4.90 Å². The molecule has 0 saturated heterocycles. The van der Waals surface area contributed by atoms with Crippen LogP contribution in [0.5, 0.6) is 0 Å². The van der Waals surface area contributed by atoms with Crippen molar-refractivity contribution in [1.29, 1.82) is 0 Å². The van der Waals surface area contributed by atoms with Crippen molar-refractivity contribution in [2.45, 2.75) is 33.9 Å². The Morgan fingerprint density at radius 2 is 1.90 bits per heavy atom. The van der Waals surface area contributed by atoms with Gasteiger partial charge < -0.3 is 10.0 Å². The standard InChI is InChI=1S/C24H23N5O2/c1-14-4-6-19-18(10-14)12-25-23(26-19)17-5-7-21(15(2)11-17)28-8-9-29-22(24(28)31)16(3)20(13-30)27-29/h4-7,10-12,30H,8-9,13H2,1-3H3. The van der Waals surface area contributed by atoms with Gasteiger partial charge in [0.15, 0.2) is 5.82 Å². The van der Waals surface area contributed by atoms with Crippen LogP contribution >= 0.6 is 0 Å². The van der Waals surface area contributed by atoms with E-state index in [1.165, 1.54) is 5.56 Å². The highest BCUT2D eigenvalue weighted by atomic mass is 16.3. The van der Waals surface area contributed by atoms with E-state index in [4.69, 9.17) is 4.98 Å². The van der Waals surface area contributed by atoms with Crippen molar-refractivity contribution in [1.82, 2.24) is 19.7 Å². The van der Waals surface area contributed by atoms with Crippen molar-refractivity contribution in [3.8, 4) is 11.4 Å². The molecule has 5 rings (SSSR count). The lowest BCUT2D eigenvalue weighted by atomic mass is 10.1. The minimum atomic E-state index is -0.168. The fourth-order valence-corrected chi connectivity index (χ4v) is 4.23. The summed E-state index contributed by atoms with van der Waals surface area (Å²) in [5.41, 5.74) is 6.69. The molecule has 0 unspecified atom stereocenters. The van der Waals surface area contributed by atoms with Gasteiger partial charge in [-0.15, -0.1) is 0 Å². The van der Waals surface area contributed by atoms with Crippen LogP contribution in [-0.4, -0.2) is 37.3 Å². The number of aliphatic hydroxyl groups is 1. The Kier molecular flexibility index (Phi) is 4.55. The van der Waals surface area contributed by atoms with E-state index in [1.54, 1.807) is 9.58 Å². The summed E-state index contributed by atoms with van der Waals surface area (Å²) >= 11 is 0. The second kappa shape index (κ2) is 7.28.